The number of nitrogens with zero attached hydrogens (tertiary/aromatic N) is 4. The lowest BCUT2D eigenvalue weighted by molar-refractivity contribution is -0.130. The maximum atomic E-state index is 12.6. The van der Waals surface area contributed by atoms with Crippen LogP contribution in [-0.4, -0.2) is 85.6 Å². The lowest BCUT2D eigenvalue weighted by Gasteiger charge is -2.35. The number of hydrogen-bond donors (Lipinski definition) is 2. The summed E-state index contributed by atoms with van der Waals surface area (Å²) in [6.45, 7) is 6.17. The molecule has 190 valence electrons. The third-order valence-corrected chi connectivity index (χ3v) is 6.17. The number of cyclic esters (lactones) is 1. The van der Waals surface area contributed by atoms with Crippen molar-refractivity contribution in [1.82, 2.24) is 20.5 Å². The average Bonchev–Trinajstić information content (AvgIpc) is 3.27. The molecule has 2 aliphatic heterocycles. The molecule has 0 aliphatic carbocycles. The number of benzene rings is 1. The first-order chi connectivity index (χ1) is 17.3. The molecule has 1 aromatic heterocycles. The highest BCUT2D eigenvalue weighted by Gasteiger charge is 2.32. The number of ether oxygens (including phenoxy) is 1. The highest BCUT2D eigenvalue weighted by molar-refractivity contribution is 5.96. The summed E-state index contributed by atoms with van der Waals surface area (Å²) in [6.07, 6.45) is 0.741. The average molecular weight is 495 g/mol. The van der Waals surface area contributed by atoms with Crippen molar-refractivity contribution >= 4 is 35.3 Å². The van der Waals surface area contributed by atoms with Gasteiger partial charge in [0, 0.05) is 38.7 Å². The zero-order chi connectivity index (χ0) is 25.7. The molecule has 2 fully saturated rings. The second-order valence-corrected chi connectivity index (χ2v) is 8.84. The van der Waals surface area contributed by atoms with Crippen LogP contribution in [0.2, 0.25) is 0 Å². The lowest BCUT2D eigenvalue weighted by Crippen LogP contribution is -2.51. The molecule has 2 aromatic rings. The number of aromatic nitrogens is 1. The van der Waals surface area contributed by atoms with E-state index in [0.29, 0.717) is 44.0 Å². The van der Waals surface area contributed by atoms with Crippen LogP contribution < -0.4 is 20.4 Å². The molecule has 11 heteroatoms. The van der Waals surface area contributed by atoms with Crippen LogP contribution in [0.25, 0.3) is 0 Å². The maximum Gasteiger partial charge on any atom is 0.414 e. The predicted octanol–water partition coefficient (Wildman–Crippen LogP) is 0.930. The van der Waals surface area contributed by atoms with E-state index in [2.05, 4.69) is 20.5 Å². The number of piperazine rings is 1. The summed E-state index contributed by atoms with van der Waals surface area (Å²) in [6, 6.07) is 10.8. The van der Waals surface area contributed by atoms with Crippen LogP contribution in [0.1, 0.15) is 22.8 Å². The minimum Gasteiger partial charge on any atom is -0.442 e. The number of amides is 4. The van der Waals surface area contributed by atoms with Gasteiger partial charge in [0.1, 0.15) is 11.9 Å². The van der Waals surface area contributed by atoms with Crippen molar-refractivity contribution in [3.05, 3.63) is 53.7 Å². The van der Waals surface area contributed by atoms with Crippen molar-refractivity contribution in [3.8, 4) is 0 Å². The Kier molecular flexibility index (Phi) is 7.67. The van der Waals surface area contributed by atoms with E-state index in [0.717, 1.165) is 11.4 Å². The first-order valence-corrected chi connectivity index (χ1v) is 11.9. The van der Waals surface area contributed by atoms with Gasteiger partial charge >= 0.3 is 6.09 Å². The molecule has 2 N–H and O–H groups in total. The number of rotatable bonds is 7. The fourth-order valence-corrected chi connectivity index (χ4v) is 4.08. The van der Waals surface area contributed by atoms with Crippen LogP contribution in [0.3, 0.4) is 0 Å². The van der Waals surface area contributed by atoms with Crippen LogP contribution in [0.15, 0.2) is 42.6 Å². The summed E-state index contributed by atoms with van der Waals surface area (Å²) in [5.41, 5.74) is 2.21. The largest absolute Gasteiger partial charge is 0.442 e. The van der Waals surface area contributed by atoms with Crippen molar-refractivity contribution in [2.45, 2.75) is 20.0 Å². The van der Waals surface area contributed by atoms with Gasteiger partial charge in [-0.3, -0.25) is 19.3 Å². The van der Waals surface area contributed by atoms with Gasteiger partial charge in [-0.25, -0.2) is 9.78 Å². The quantitative estimate of drug-likeness (QED) is 0.587. The van der Waals surface area contributed by atoms with E-state index in [9.17, 15) is 19.2 Å². The molecule has 0 radical (unpaired) electrons. The van der Waals surface area contributed by atoms with Gasteiger partial charge in [0.25, 0.3) is 5.91 Å². The summed E-state index contributed by atoms with van der Waals surface area (Å²) >= 11 is 0. The molecule has 0 bridgehead atoms. The molecule has 2 aliphatic rings. The van der Waals surface area contributed by atoms with Crippen LogP contribution in [0, 0.1) is 6.92 Å². The van der Waals surface area contributed by atoms with Crippen molar-refractivity contribution in [3.63, 3.8) is 0 Å². The SMILES string of the molecule is CC(=O)NC[C@H]1CN(c2ccc(N3CCN(C(=O)CNC(=O)c4ccc(C)cc4)CC3)nc2)C(=O)O1. The molecule has 0 saturated carbocycles. The number of carbonyl (C=O) groups excluding carboxylic acids is 4. The van der Waals surface area contributed by atoms with Gasteiger partial charge in [0.15, 0.2) is 0 Å². The summed E-state index contributed by atoms with van der Waals surface area (Å²) in [5.74, 6) is 0.180. The summed E-state index contributed by atoms with van der Waals surface area (Å²) in [5, 5.41) is 5.34. The molecule has 2 saturated heterocycles. The summed E-state index contributed by atoms with van der Waals surface area (Å²) in [7, 11) is 0. The lowest BCUT2D eigenvalue weighted by atomic mass is 10.1. The Morgan fingerprint density at radius 1 is 1.03 bits per heavy atom. The van der Waals surface area contributed by atoms with Gasteiger partial charge in [0.2, 0.25) is 11.8 Å². The Balaban J connectivity index is 1.24. The maximum absolute atomic E-state index is 12.6. The molecule has 1 aromatic carbocycles. The highest BCUT2D eigenvalue weighted by atomic mass is 16.6. The number of hydrogen-bond acceptors (Lipinski definition) is 7. The number of anilines is 2. The summed E-state index contributed by atoms with van der Waals surface area (Å²) in [4.78, 5) is 57.9. The molecular formula is C25H30N6O5. The zero-order valence-corrected chi connectivity index (χ0v) is 20.4. The smallest absolute Gasteiger partial charge is 0.414 e. The standard InChI is InChI=1S/C25H30N6O5/c1-17-3-5-19(6-4-17)24(34)28-15-23(33)30-11-9-29(10-12-30)22-8-7-20(13-27-22)31-16-21(36-25(31)35)14-26-18(2)32/h3-8,13,21H,9-12,14-16H2,1-2H3,(H,26,32)(H,28,34)/t21-/m0/s1. The van der Waals surface area contributed by atoms with Gasteiger partial charge in [0.05, 0.1) is 31.5 Å². The van der Waals surface area contributed by atoms with Crippen LogP contribution in [0.4, 0.5) is 16.3 Å². The fraction of sp³-hybridized carbons (Fsp3) is 0.400. The molecular weight excluding hydrogens is 464 g/mol. The van der Waals surface area contributed by atoms with Crippen molar-refractivity contribution in [2.24, 2.45) is 0 Å². The minimum absolute atomic E-state index is 0.0471. The molecule has 0 unspecified atom stereocenters. The van der Waals surface area contributed by atoms with Crippen LogP contribution in [0.5, 0.6) is 0 Å². The first-order valence-electron chi connectivity index (χ1n) is 11.9. The highest BCUT2D eigenvalue weighted by Crippen LogP contribution is 2.23. The van der Waals surface area contributed by atoms with E-state index in [1.807, 2.05) is 31.2 Å². The molecule has 0 spiro atoms. The Hall–Kier alpha value is -4.15. The topological polar surface area (TPSA) is 124 Å². The zero-order valence-electron chi connectivity index (χ0n) is 20.4. The minimum atomic E-state index is -0.471. The van der Waals surface area contributed by atoms with Crippen molar-refractivity contribution in [2.75, 3.05) is 55.6 Å². The third-order valence-electron chi connectivity index (χ3n) is 6.17. The monoisotopic (exact) mass is 494 g/mol. The van der Waals surface area contributed by atoms with Gasteiger partial charge in [-0.15, -0.1) is 0 Å². The van der Waals surface area contributed by atoms with Gasteiger partial charge in [-0.05, 0) is 31.2 Å². The molecule has 3 heterocycles. The molecule has 4 amide bonds. The van der Waals surface area contributed by atoms with Gasteiger partial charge in [-0.2, -0.15) is 0 Å². The Labute approximate surface area is 209 Å². The van der Waals surface area contributed by atoms with E-state index in [1.54, 1.807) is 23.2 Å². The van der Waals surface area contributed by atoms with Gasteiger partial charge in [-0.1, -0.05) is 17.7 Å². The van der Waals surface area contributed by atoms with Crippen LogP contribution >= 0.6 is 0 Å². The van der Waals surface area contributed by atoms with E-state index in [1.165, 1.54) is 11.8 Å². The third kappa shape index (κ3) is 6.09. The van der Waals surface area contributed by atoms with E-state index < -0.39 is 12.2 Å². The van der Waals surface area contributed by atoms with Crippen LogP contribution in [-0.2, 0) is 14.3 Å². The van der Waals surface area contributed by atoms with E-state index in [4.69, 9.17) is 4.74 Å². The van der Waals surface area contributed by atoms with E-state index in [-0.39, 0.29) is 30.8 Å². The molecule has 1 atom stereocenters. The second-order valence-electron chi connectivity index (χ2n) is 8.84. The molecule has 36 heavy (non-hydrogen) atoms. The van der Waals surface area contributed by atoms with Crippen molar-refractivity contribution < 1.29 is 23.9 Å². The number of aryl methyl sites for hydroxylation is 1. The molecule has 11 nitrogen and oxygen atoms in total. The van der Waals surface area contributed by atoms with Crippen molar-refractivity contribution in [1.29, 1.82) is 0 Å². The Bertz CT molecular complexity index is 1110. The predicted molar refractivity (Wildman–Crippen MR) is 133 cm³/mol. The molecule has 4 rings (SSSR count). The number of carbonyl (C=O) groups is 4. The fourth-order valence-electron chi connectivity index (χ4n) is 4.08. The Morgan fingerprint density at radius 2 is 1.75 bits per heavy atom. The summed E-state index contributed by atoms with van der Waals surface area (Å²) < 4.78 is 5.29. The number of pyridine rings is 1. The second kappa shape index (κ2) is 11.1. The van der Waals surface area contributed by atoms with Gasteiger partial charge < -0.3 is 25.2 Å². The first kappa shape index (κ1) is 25.0. The Morgan fingerprint density at radius 3 is 2.39 bits per heavy atom. The normalized spacial score (nSPS) is 17.6. The number of nitrogens with one attached hydrogen (secondary N) is 2. The van der Waals surface area contributed by atoms with E-state index >= 15 is 0 Å².